The van der Waals surface area contributed by atoms with E-state index in [1.54, 1.807) is 0 Å². The van der Waals surface area contributed by atoms with E-state index in [0.717, 1.165) is 57.2 Å². The monoisotopic (exact) mass is 501 g/mol. The van der Waals surface area contributed by atoms with E-state index < -0.39 is 0 Å². The standard InChI is InChI=1S/C20H31N5O2.HI/c21-20(25-8-2-1-3-9-25)22-16-17-5-4-6-18(15-17)23-19(26)7-10-24-11-13-27-14-12-24;/h4-6,15H,1-3,7-14,16H2,(H2,21,22)(H,23,26);1H. The summed E-state index contributed by atoms with van der Waals surface area (Å²) in [6.07, 6.45) is 4.13. The first-order valence-electron chi connectivity index (χ1n) is 9.94. The van der Waals surface area contributed by atoms with Gasteiger partial charge >= 0.3 is 0 Å². The van der Waals surface area contributed by atoms with Crippen LogP contribution in [0.15, 0.2) is 29.3 Å². The number of hydrogen-bond donors (Lipinski definition) is 2. The van der Waals surface area contributed by atoms with Gasteiger partial charge in [0.25, 0.3) is 0 Å². The number of piperidine rings is 1. The maximum absolute atomic E-state index is 12.2. The molecule has 2 aliphatic rings. The van der Waals surface area contributed by atoms with Gasteiger partial charge in [0.05, 0.1) is 19.8 Å². The molecule has 0 aromatic heterocycles. The van der Waals surface area contributed by atoms with Gasteiger partial charge in [0.2, 0.25) is 5.91 Å². The Hall–Kier alpha value is -1.39. The summed E-state index contributed by atoms with van der Waals surface area (Å²) in [6, 6.07) is 7.84. The highest BCUT2D eigenvalue weighted by molar-refractivity contribution is 14.0. The van der Waals surface area contributed by atoms with Gasteiger partial charge in [-0.3, -0.25) is 9.69 Å². The number of morpholine rings is 1. The second kappa shape index (κ2) is 12.2. The van der Waals surface area contributed by atoms with Crippen LogP contribution in [0.5, 0.6) is 0 Å². The van der Waals surface area contributed by atoms with Crippen molar-refractivity contribution in [1.29, 1.82) is 0 Å². The van der Waals surface area contributed by atoms with Gasteiger partial charge in [-0.2, -0.15) is 0 Å². The van der Waals surface area contributed by atoms with Crippen LogP contribution in [0, 0.1) is 0 Å². The molecule has 0 bridgehead atoms. The topological polar surface area (TPSA) is 83.2 Å². The van der Waals surface area contributed by atoms with E-state index >= 15 is 0 Å². The minimum Gasteiger partial charge on any atom is -0.379 e. The van der Waals surface area contributed by atoms with Gasteiger partial charge < -0.3 is 20.7 Å². The van der Waals surface area contributed by atoms with Crippen LogP contribution in [-0.2, 0) is 16.1 Å². The summed E-state index contributed by atoms with van der Waals surface area (Å²) in [5.41, 5.74) is 7.97. The van der Waals surface area contributed by atoms with Gasteiger partial charge in [-0.05, 0) is 37.0 Å². The molecule has 2 fully saturated rings. The second-order valence-electron chi connectivity index (χ2n) is 7.17. The predicted molar refractivity (Wildman–Crippen MR) is 123 cm³/mol. The third-order valence-electron chi connectivity index (χ3n) is 5.07. The lowest BCUT2D eigenvalue weighted by Gasteiger charge is -2.27. The first-order chi connectivity index (χ1) is 13.2. The number of nitrogens with one attached hydrogen (secondary N) is 1. The number of rotatable bonds is 6. The molecule has 3 N–H and O–H groups in total. The number of guanidine groups is 1. The number of nitrogens with zero attached hydrogens (tertiary/aromatic N) is 3. The van der Waals surface area contributed by atoms with Crippen LogP contribution in [0.1, 0.15) is 31.2 Å². The molecule has 1 aromatic rings. The minimum absolute atomic E-state index is 0. The Morgan fingerprint density at radius 1 is 1.14 bits per heavy atom. The summed E-state index contributed by atoms with van der Waals surface area (Å²) in [6.45, 7) is 6.60. The van der Waals surface area contributed by atoms with E-state index in [4.69, 9.17) is 10.5 Å². The second-order valence-corrected chi connectivity index (χ2v) is 7.17. The Labute approximate surface area is 184 Å². The van der Waals surface area contributed by atoms with Crippen molar-refractivity contribution in [1.82, 2.24) is 9.80 Å². The molecule has 2 aliphatic heterocycles. The van der Waals surface area contributed by atoms with Crippen LogP contribution in [0.2, 0.25) is 0 Å². The normalized spacial score (nSPS) is 18.4. The Morgan fingerprint density at radius 3 is 2.64 bits per heavy atom. The van der Waals surface area contributed by atoms with Crippen molar-refractivity contribution in [2.45, 2.75) is 32.2 Å². The molecule has 0 radical (unpaired) electrons. The summed E-state index contributed by atoms with van der Waals surface area (Å²) < 4.78 is 5.33. The van der Waals surface area contributed by atoms with Crippen LogP contribution >= 0.6 is 24.0 Å². The van der Waals surface area contributed by atoms with Crippen molar-refractivity contribution in [3.8, 4) is 0 Å². The molecule has 1 aromatic carbocycles. The molecule has 8 heteroatoms. The third kappa shape index (κ3) is 7.56. The fourth-order valence-corrected chi connectivity index (χ4v) is 3.45. The maximum Gasteiger partial charge on any atom is 0.225 e. The molecule has 0 aliphatic carbocycles. The van der Waals surface area contributed by atoms with Crippen molar-refractivity contribution in [2.24, 2.45) is 10.7 Å². The highest BCUT2D eigenvalue weighted by Crippen LogP contribution is 2.13. The molecule has 0 atom stereocenters. The van der Waals surface area contributed by atoms with Gasteiger partial charge in [-0.15, -0.1) is 24.0 Å². The molecule has 7 nitrogen and oxygen atoms in total. The Bertz CT molecular complexity index is 643. The summed E-state index contributed by atoms with van der Waals surface area (Å²) in [4.78, 5) is 21.2. The van der Waals surface area contributed by atoms with Crippen LogP contribution in [0.4, 0.5) is 5.69 Å². The molecule has 0 saturated carbocycles. The quantitative estimate of drug-likeness (QED) is 0.355. The number of halogens is 1. The number of likely N-dealkylation sites (tertiary alicyclic amines) is 1. The fraction of sp³-hybridized carbons (Fsp3) is 0.600. The first-order valence-corrected chi connectivity index (χ1v) is 9.94. The summed E-state index contributed by atoms with van der Waals surface area (Å²) in [5, 5.41) is 2.99. The maximum atomic E-state index is 12.2. The number of ether oxygens (including phenoxy) is 1. The van der Waals surface area contributed by atoms with E-state index in [0.29, 0.717) is 18.9 Å². The van der Waals surface area contributed by atoms with Gasteiger partial charge in [0.1, 0.15) is 0 Å². The largest absolute Gasteiger partial charge is 0.379 e. The molecular formula is C20H32IN5O2. The van der Waals surface area contributed by atoms with Crippen molar-refractivity contribution in [3.63, 3.8) is 0 Å². The SMILES string of the molecule is I.NC(=NCc1cccc(NC(=O)CCN2CCOCC2)c1)N1CCCCC1. The Morgan fingerprint density at radius 2 is 1.89 bits per heavy atom. The molecule has 0 spiro atoms. The van der Waals surface area contributed by atoms with E-state index in [2.05, 4.69) is 20.1 Å². The summed E-state index contributed by atoms with van der Waals surface area (Å²) in [7, 11) is 0. The number of carbonyl (C=O) groups is 1. The smallest absolute Gasteiger partial charge is 0.225 e. The minimum atomic E-state index is 0. The molecule has 1 amide bonds. The van der Waals surface area contributed by atoms with Gasteiger partial charge in [0, 0.05) is 44.8 Å². The Kier molecular flexibility index (Phi) is 10.0. The lowest BCUT2D eigenvalue weighted by atomic mass is 10.1. The third-order valence-corrected chi connectivity index (χ3v) is 5.07. The van der Waals surface area contributed by atoms with E-state index in [1.807, 2.05) is 24.3 Å². The number of nitrogens with two attached hydrogens (primary N) is 1. The van der Waals surface area contributed by atoms with Crippen LogP contribution in [-0.4, -0.2) is 67.6 Å². The zero-order valence-corrected chi connectivity index (χ0v) is 18.8. The highest BCUT2D eigenvalue weighted by atomic mass is 127. The Balaban J connectivity index is 0.00000280. The average Bonchev–Trinajstić information content (AvgIpc) is 2.72. The van der Waals surface area contributed by atoms with E-state index in [-0.39, 0.29) is 29.9 Å². The van der Waals surface area contributed by atoms with Gasteiger partial charge in [0.15, 0.2) is 5.96 Å². The lowest BCUT2D eigenvalue weighted by molar-refractivity contribution is -0.116. The highest BCUT2D eigenvalue weighted by Gasteiger charge is 2.13. The van der Waals surface area contributed by atoms with Crippen LogP contribution in [0.3, 0.4) is 0 Å². The van der Waals surface area contributed by atoms with Crippen molar-refractivity contribution in [3.05, 3.63) is 29.8 Å². The van der Waals surface area contributed by atoms with E-state index in [9.17, 15) is 4.79 Å². The molecule has 156 valence electrons. The molecule has 0 unspecified atom stereocenters. The number of hydrogen-bond acceptors (Lipinski definition) is 4. The zero-order chi connectivity index (χ0) is 18.9. The van der Waals surface area contributed by atoms with E-state index in [1.165, 1.54) is 19.3 Å². The number of benzene rings is 1. The van der Waals surface area contributed by atoms with Gasteiger partial charge in [-0.25, -0.2) is 4.99 Å². The van der Waals surface area contributed by atoms with Crippen molar-refractivity contribution >= 4 is 41.5 Å². The van der Waals surface area contributed by atoms with Crippen molar-refractivity contribution < 1.29 is 9.53 Å². The molecule has 2 heterocycles. The number of carbonyl (C=O) groups excluding carboxylic acids is 1. The van der Waals surface area contributed by atoms with Crippen LogP contribution < -0.4 is 11.1 Å². The average molecular weight is 501 g/mol. The van der Waals surface area contributed by atoms with Crippen LogP contribution in [0.25, 0.3) is 0 Å². The summed E-state index contributed by atoms with van der Waals surface area (Å²) >= 11 is 0. The molecule has 28 heavy (non-hydrogen) atoms. The molecular weight excluding hydrogens is 469 g/mol. The summed E-state index contributed by atoms with van der Waals surface area (Å²) in [5.74, 6) is 0.657. The fourth-order valence-electron chi connectivity index (χ4n) is 3.45. The lowest BCUT2D eigenvalue weighted by Crippen LogP contribution is -2.40. The predicted octanol–water partition coefficient (Wildman–Crippen LogP) is 2.27. The first kappa shape index (κ1) is 22.9. The molecule has 2 saturated heterocycles. The zero-order valence-electron chi connectivity index (χ0n) is 16.4. The van der Waals surface area contributed by atoms with Crippen molar-refractivity contribution in [2.75, 3.05) is 51.3 Å². The number of aliphatic imine (C=N–C) groups is 1. The van der Waals surface area contributed by atoms with Gasteiger partial charge in [-0.1, -0.05) is 12.1 Å². The molecule has 3 rings (SSSR count). The number of anilines is 1. The number of amides is 1.